The maximum Gasteiger partial charge on any atom is 0.192 e. The van der Waals surface area contributed by atoms with E-state index >= 15 is 0 Å². The molecule has 0 aliphatic carbocycles. The molecule has 0 N–H and O–H groups in total. The van der Waals surface area contributed by atoms with Crippen molar-refractivity contribution in [2.45, 2.75) is 17.5 Å². The van der Waals surface area contributed by atoms with Gasteiger partial charge in [0, 0.05) is 29.7 Å². The van der Waals surface area contributed by atoms with Crippen LogP contribution in [0, 0.1) is 0 Å². The molecule has 142 valence electrons. The van der Waals surface area contributed by atoms with Crippen LogP contribution in [0.2, 0.25) is 5.02 Å². The highest BCUT2D eigenvalue weighted by atomic mass is 35.5. The van der Waals surface area contributed by atoms with Gasteiger partial charge in [-0.15, -0.1) is 16.8 Å². The summed E-state index contributed by atoms with van der Waals surface area (Å²) in [6.07, 6.45) is 5.83. The minimum Gasteiger partial charge on any atom is -0.496 e. The molecule has 0 atom stereocenters. The highest BCUT2D eigenvalue weighted by molar-refractivity contribution is 7.98. The van der Waals surface area contributed by atoms with E-state index in [0.29, 0.717) is 28.9 Å². The summed E-state index contributed by atoms with van der Waals surface area (Å²) in [5.74, 6) is 2.07. The van der Waals surface area contributed by atoms with Crippen molar-refractivity contribution in [1.29, 1.82) is 0 Å². The Morgan fingerprint density at radius 2 is 2.14 bits per heavy atom. The van der Waals surface area contributed by atoms with E-state index in [1.165, 1.54) is 0 Å². The number of thioether (sulfide) groups is 1. The van der Waals surface area contributed by atoms with Crippen LogP contribution in [0.4, 0.5) is 0 Å². The fourth-order valence-electron chi connectivity index (χ4n) is 2.94. The molecule has 3 aromatic heterocycles. The standard InChI is InChI=1S/C20H18ClN5OS/c1-3-9-26-19(16-11-14(21)7-8-17(16)27-2)23-24-20(26)28-13-15-12-25-10-5-4-6-18(25)22-15/h3-8,10-12H,1,9,13H2,2H3. The predicted molar refractivity (Wildman–Crippen MR) is 112 cm³/mol. The van der Waals surface area contributed by atoms with Crippen molar-refractivity contribution in [2.24, 2.45) is 0 Å². The highest BCUT2D eigenvalue weighted by Gasteiger charge is 2.18. The van der Waals surface area contributed by atoms with Crippen LogP contribution in [0.15, 0.2) is 66.6 Å². The molecule has 0 radical (unpaired) electrons. The quantitative estimate of drug-likeness (QED) is 0.325. The molecular formula is C20H18ClN5OS. The Labute approximate surface area is 171 Å². The van der Waals surface area contributed by atoms with Gasteiger partial charge in [0.1, 0.15) is 11.4 Å². The molecule has 0 amide bonds. The molecule has 0 fully saturated rings. The van der Waals surface area contributed by atoms with Crippen molar-refractivity contribution in [1.82, 2.24) is 24.1 Å². The Morgan fingerprint density at radius 3 is 2.93 bits per heavy atom. The Morgan fingerprint density at radius 1 is 1.25 bits per heavy atom. The van der Waals surface area contributed by atoms with E-state index in [1.54, 1.807) is 24.9 Å². The van der Waals surface area contributed by atoms with Crippen molar-refractivity contribution in [3.05, 3.63) is 72.2 Å². The zero-order valence-corrected chi connectivity index (χ0v) is 16.8. The van der Waals surface area contributed by atoms with Gasteiger partial charge in [-0.1, -0.05) is 35.5 Å². The Kier molecular flexibility index (Phi) is 5.36. The summed E-state index contributed by atoms with van der Waals surface area (Å²) in [6, 6.07) is 11.4. The third kappa shape index (κ3) is 3.63. The van der Waals surface area contributed by atoms with Crippen LogP contribution < -0.4 is 4.74 Å². The number of rotatable bonds is 7. The second kappa shape index (κ2) is 8.08. The van der Waals surface area contributed by atoms with Crippen LogP contribution >= 0.6 is 23.4 Å². The van der Waals surface area contributed by atoms with Gasteiger partial charge in [-0.2, -0.15) is 0 Å². The van der Waals surface area contributed by atoms with Gasteiger partial charge in [0.15, 0.2) is 11.0 Å². The molecule has 1 aromatic carbocycles. The number of benzene rings is 1. The lowest BCUT2D eigenvalue weighted by Crippen LogP contribution is -2.02. The molecule has 0 spiro atoms. The SMILES string of the molecule is C=CCn1c(SCc2cn3ccccc3n2)nnc1-c1cc(Cl)ccc1OC. The van der Waals surface area contributed by atoms with E-state index in [0.717, 1.165) is 22.1 Å². The van der Waals surface area contributed by atoms with Gasteiger partial charge in [-0.05, 0) is 30.3 Å². The zero-order chi connectivity index (χ0) is 19.5. The Hall–Kier alpha value is -2.77. The zero-order valence-electron chi connectivity index (χ0n) is 15.2. The number of ether oxygens (including phenoxy) is 1. The fraction of sp³-hybridized carbons (Fsp3) is 0.150. The van der Waals surface area contributed by atoms with Crippen LogP contribution in [0.5, 0.6) is 5.75 Å². The molecule has 4 aromatic rings. The molecule has 0 aliphatic rings. The number of hydrogen-bond acceptors (Lipinski definition) is 5. The molecule has 0 saturated carbocycles. The normalized spacial score (nSPS) is 11.1. The first kappa shape index (κ1) is 18.6. The number of aromatic nitrogens is 5. The van der Waals surface area contributed by atoms with Crippen molar-refractivity contribution < 1.29 is 4.74 Å². The molecule has 0 saturated heterocycles. The maximum atomic E-state index is 6.19. The average molecular weight is 412 g/mol. The molecule has 3 heterocycles. The lowest BCUT2D eigenvalue weighted by Gasteiger charge is -2.11. The summed E-state index contributed by atoms with van der Waals surface area (Å²) >= 11 is 7.77. The molecule has 0 aliphatic heterocycles. The van der Waals surface area contributed by atoms with Gasteiger partial charge in [-0.3, -0.25) is 4.57 Å². The topological polar surface area (TPSA) is 57.2 Å². The van der Waals surface area contributed by atoms with Crippen molar-refractivity contribution in [2.75, 3.05) is 7.11 Å². The molecule has 28 heavy (non-hydrogen) atoms. The summed E-state index contributed by atoms with van der Waals surface area (Å²) in [6.45, 7) is 4.43. The third-order valence-corrected chi connectivity index (χ3v) is 5.43. The van der Waals surface area contributed by atoms with Crippen LogP contribution in [0.1, 0.15) is 5.69 Å². The average Bonchev–Trinajstić information content (AvgIpc) is 3.30. The third-order valence-electron chi connectivity index (χ3n) is 4.19. The number of halogens is 1. The number of hydrogen-bond donors (Lipinski definition) is 0. The van der Waals surface area contributed by atoms with Gasteiger partial charge in [-0.25, -0.2) is 4.98 Å². The second-order valence-corrected chi connectivity index (χ2v) is 7.42. The van der Waals surface area contributed by atoms with Crippen LogP contribution in [-0.2, 0) is 12.3 Å². The number of allylic oxidation sites excluding steroid dienone is 1. The van der Waals surface area contributed by atoms with Crippen molar-refractivity contribution in [3.63, 3.8) is 0 Å². The van der Waals surface area contributed by atoms with Crippen LogP contribution in [0.25, 0.3) is 17.0 Å². The number of methoxy groups -OCH3 is 1. The molecule has 0 bridgehead atoms. The van der Waals surface area contributed by atoms with Crippen LogP contribution in [-0.4, -0.2) is 31.3 Å². The van der Waals surface area contributed by atoms with Gasteiger partial charge < -0.3 is 9.14 Å². The molecule has 4 rings (SSSR count). The summed E-state index contributed by atoms with van der Waals surface area (Å²) in [4.78, 5) is 4.63. The number of fused-ring (bicyclic) bond motifs is 1. The Balaban J connectivity index is 1.65. The van der Waals surface area contributed by atoms with E-state index in [-0.39, 0.29) is 0 Å². The summed E-state index contributed by atoms with van der Waals surface area (Å²) in [7, 11) is 1.63. The van der Waals surface area contributed by atoms with E-state index in [2.05, 4.69) is 21.8 Å². The first-order valence-corrected chi connectivity index (χ1v) is 9.99. The predicted octanol–water partition coefficient (Wildman–Crippen LogP) is 4.73. The van der Waals surface area contributed by atoms with E-state index in [4.69, 9.17) is 16.3 Å². The van der Waals surface area contributed by atoms with E-state index in [9.17, 15) is 0 Å². The van der Waals surface area contributed by atoms with Crippen LogP contribution in [0.3, 0.4) is 0 Å². The number of nitrogens with zero attached hydrogens (tertiary/aromatic N) is 5. The van der Waals surface area contributed by atoms with Gasteiger partial charge in [0.2, 0.25) is 0 Å². The van der Waals surface area contributed by atoms with Crippen molar-refractivity contribution in [3.8, 4) is 17.1 Å². The number of imidazole rings is 1. The number of pyridine rings is 1. The largest absolute Gasteiger partial charge is 0.496 e. The first-order valence-electron chi connectivity index (χ1n) is 8.63. The van der Waals surface area contributed by atoms with E-state index in [1.807, 2.05) is 57.8 Å². The highest BCUT2D eigenvalue weighted by Crippen LogP contribution is 2.33. The summed E-state index contributed by atoms with van der Waals surface area (Å²) in [5.41, 5.74) is 2.70. The lowest BCUT2D eigenvalue weighted by atomic mass is 10.2. The second-order valence-electron chi connectivity index (χ2n) is 6.04. The van der Waals surface area contributed by atoms with Gasteiger partial charge in [0.25, 0.3) is 0 Å². The van der Waals surface area contributed by atoms with Crippen molar-refractivity contribution >= 4 is 29.0 Å². The molecule has 6 nitrogen and oxygen atoms in total. The molecule has 0 unspecified atom stereocenters. The smallest absolute Gasteiger partial charge is 0.192 e. The fourth-order valence-corrected chi connectivity index (χ4v) is 3.94. The van der Waals surface area contributed by atoms with Gasteiger partial charge >= 0.3 is 0 Å². The maximum absolute atomic E-state index is 6.19. The van der Waals surface area contributed by atoms with E-state index < -0.39 is 0 Å². The lowest BCUT2D eigenvalue weighted by molar-refractivity contribution is 0.416. The molecular weight excluding hydrogens is 394 g/mol. The Bertz CT molecular complexity index is 1100. The summed E-state index contributed by atoms with van der Waals surface area (Å²) in [5, 5.41) is 10.2. The minimum atomic E-state index is 0.575. The monoisotopic (exact) mass is 411 g/mol. The minimum absolute atomic E-state index is 0.575. The first-order chi connectivity index (χ1) is 13.7. The molecule has 8 heteroatoms. The van der Waals surface area contributed by atoms with Gasteiger partial charge in [0.05, 0.1) is 18.4 Å². The summed E-state index contributed by atoms with van der Waals surface area (Å²) < 4.78 is 9.48.